The maximum atomic E-state index is 9.47. The summed E-state index contributed by atoms with van der Waals surface area (Å²) < 4.78 is 2.93. The Bertz CT molecular complexity index is 771. The number of aryl methyl sites for hydroxylation is 1. The number of imidazole rings is 1. The Balaban J connectivity index is 1.71. The van der Waals surface area contributed by atoms with Gasteiger partial charge in [0.25, 0.3) is 0 Å². The number of hydrogen-bond donors (Lipinski definition) is 0. The number of fused-ring (bicyclic) bond motifs is 3. The number of benzene rings is 1. The van der Waals surface area contributed by atoms with Gasteiger partial charge in [0, 0.05) is 22.9 Å². The second-order valence-electron chi connectivity index (χ2n) is 5.32. The molecule has 2 atom stereocenters. The molecular formula is C16H13N3S2. The van der Waals surface area contributed by atoms with Crippen molar-refractivity contribution in [2.24, 2.45) is 0 Å². The Morgan fingerprint density at radius 1 is 1.43 bits per heavy atom. The number of rotatable bonds is 1. The van der Waals surface area contributed by atoms with Crippen LogP contribution in [0.25, 0.3) is 5.70 Å². The molecule has 1 saturated heterocycles. The lowest BCUT2D eigenvalue weighted by Crippen LogP contribution is -1.99. The highest BCUT2D eigenvalue weighted by atomic mass is 32.2. The van der Waals surface area contributed by atoms with E-state index in [-0.39, 0.29) is 0 Å². The van der Waals surface area contributed by atoms with Gasteiger partial charge in [-0.15, -0.1) is 23.5 Å². The molecule has 0 spiro atoms. The third kappa shape index (κ3) is 2.10. The van der Waals surface area contributed by atoms with Crippen molar-refractivity contribution in [1.82, 2.24) is 9.55 Å². The van der Waals surface area contributed by atoms with Crippen molar-refractivity contribution in [3.05, 3.63) is 57.8 Å². The van der Waals surface area contributed by atoms with E-state index in [0.717, 1.165) is 10.7 Å². The number of aromatic nitrogens is 2. The zero-order chi connectivity index (χ0) is 14.4. The minimum Gasteiger partial charge on any atom is -0.296 e. The molecule has 4 rings (SSSR count). The molecule has 0 radical (unpaired) electrons. The van der Waals surface area contributed by atoms with Crippen LogP contribution in [0.15, 0.2) is 41.2 Å². The molecule has 0 N–H and O–H groups in total. The summed E-state index contributed by atoms with van der Waals surface area (Å²) in [6.45, 7) is 2.15. The van der Waals surface area contributed by atoms with E-state index in [2.05, 4.69) is 36.2 Å². The molecule has 104 valence electrons. The Kier molecular flexibility index (Phi) is 3.09. The van der Waals surface area contributed by atoms with Crippen LogP contribution in [0.2, 0.25) is 0 Å². The highest BCUT2D eigenvalue weighted by Crippen LogP contribution is 2.61. The fourth-order valence-electron chi connectivity index (χ4n) is 2.95. The van der Waals surface area contributed by atoms with Crippen molar-refractivity contribution in [2.45, 2.75) is 23.8 Å². The highest BCUT2D eigenvalue weighted by Gasteiger charge is 2.41. The van der Waals surface area contributed by atoms with Gasteiger partial charge in [0.1, 0.15) is 11.8 Å². The van der Waals surface area contributed by atoms with Crippen molar-refractivity contribution in [3.8, 4) is 6.07 Å². The van der Waals surface area contributed by atoms with Crippen LogP contribution in [0.4, 0.5) is 0 Å². The number of nitriles is 1. The van der Waals surface area contributed by atoms with Crippen LogP contribution >= 0.6 is 23.5 Å². The van der Waals surface area contributed by atoms with Gasteiger partial charge in [0.2, 0.25) is 0 Å². The molecule has 1 aliphatic heterocycles. The molecule has 0 amide bonds. The molecule has 2 unspecified atom stereocenters. The third-order valence-corrected chi connectivity index (χ3v) is 7.06. The Labute approximate surface area is 132 Å². The highest BCUT2D eigenvalue weighted by molar-refractivity contribution is 8.26. The fourth-order valence-corrected chi connectivity index (χ4v) is 6.35. The molecule has 1 aromatic heterocycles. The molecule has 5 heteroatoms. The third-order valence-electron chi connectivity index (χ3n) is 3.92. The summed E-state index contributed by atoms with van der Waals surface area (Å²) in [5.74, 6) is 0. The first-order chi connectivity index (χ1) is 10.3. The SMILES string of the molecule is Cc1ccc2c(c1)CC1S/C(=C(/C#N)n3ccnc3)SC21. The topological polar surface area (TPSA) is 41.6 Å². The second kappa shape index (κ2) is 4.97. The van der Waals surface area contributed by atoms with Gasteiger partial charge >= 0.3 is 0 Å². The van der Waals surface area contributed by atoms with Gasteiger partial charge in [-0.25, -0.2) is 4.98 Å². The molecule has 2 aromatic rings. The summed E-state index contributed by atoms with van der Waals surface area (Å²) in [6, 6.07) is 9.08. The van der Waals surface area contributed by atoms with Crippen molar-refractivity contribution < 1.29 is 0 Å². The van der Waals surface area contributed by atoms with E-state index in [1.807, 2.05) is 34.3 Å². The fraction of sp³-hybridized carbons (Fsp3) is 0.250. The summed E-state index contributed by atoms with van der Waals surface area (Å²) in [4.78, 5) is 4.04. The first-order valence-corrected chi connectivity index (χ1v) is 8.57. The second-order valence-corrected chi connectivity index (χ2v) is 7.98. The number of nitrogens with zero attached hydrogens (tertiary/aromatic N) is 3. The lowest BCUT2D eigenvalue weighted by atomic mass is 10.1. The zero-order valence-electron chi connectivity index (χ0n) is 11.5. The predicted molar refractivity (Wildman–Crippen MR) is 87.7 cm³/mol. The van der Waals surface area contributed by atoms with Crippen molar-refractivity contribution in [1.29, 1.82) is 5.26 Å². The van der Waals surface area contributed by atoms with Crippen LogP contribution in [-0.4, -0.2) is 14.8 Å². The summed E-state index contributed by atoms with van der Waals surface area (Å²) in [5, 5.41) is 10.5. The van der Waals surface area contributed by atoms with E-state index >= 15 is 0 Å². The van der Waals surface area contributed by atoms with E-state index in [9.17, 15) is 5.26 Å². The Morgan fingerprint density at radius 3 is 3.10 bits per heavy atom. The average molecular weight is 311 g/mol. The van der Waals surface area contributed by atoms with Gasteiger partial charge < -0.3 is 0 Å². The van der Waals surface area contributed by atoms with Crippen LogP contribution in [0.1, 0.15) is 21.9 Å². The van der Waals surface area contributed by atoms with E-state index in [0.29, 0.717) is 16.2 Å². The quantitative estimate of drug-likeness (QED) is 0.747. The molecule has 1 aromatic carbocycles. The van der Waals surface area contributed by atoms with Crippen LogP contribution in [0.5, 0.6) is 0 Å². The number of allylic oxidation sites excluding steroid dienone is 1. The van der Waals surface area contributed by atoms with Gasteiger partial charge in [-0.3, -0.25) is 4.57 Å². The first kappa shape index (κ1) is 13.1. The Hall–Kier alpha value is -1.64. The Morgan fingerprint density at radius 2 is 2.33 bits per heavy atom. The molecule has 21 heavy (non-hydrogen) atoms. The normalized spacial score (nSPS) is 25.3. The van der Waals surface area contributed by atoms with Gasteiger partial charge in [0.15, 0.2) is 0 Å². The van der Waals surface area contributed by atoms with E-state index in [1.165, 1.54) is 16.7 Å². The molecular weight excluding hydrogens is 298 g/mol. The van der Waals surface area contributed by atoms with Gasteiger partial charge in [-0.05, 0) is 24.5 Å². The van der Waals surface area contributed by atoms with Crippen LogP contribution in [0.3, 0.4) is 0 Å². The maximum Gasteiger partial charge on any atom is 0.145 e. The summed E-state index contributed by atoms with van der Waals surface area (Å²) in [7, 11) is 0. The molecule has 2 heterocycles. The molecule has 1 aliphatic carbocycles. The van der Waals surface area contributed by atoms with Crippen molar-refractivity contribution >= 4 is 29.2 Å². The van der Waals surface area contributed by atoms with E-state index < -0.39 is 0 Å². The summed E-state index contributed by atoms with van der Waals surface area (Å²) in [6.07, 6.45) is 6.34. The van der Waals surface area contributed by atoms with Crippen LogP contribution < -0.4 is 0 Å². The predicted octanol–water partition coefficient (Wildman–Crippen LogP) is 3.99. The molecule has 0 bridgehead atoms. The van der Waals surface area contributed by atoms with Gasteiger partial charge in [-0.1, -0.05) is 23.8 Å². The largest absolute Gasteiger partial charge is 0.296 e. The number of thioether (sulfide) groups is 2. The van der Waals surface area contributed by atoms with Gasteiger partial charge in [0.05, 0.1) is 10.6 Å². The molecule has 1 fully saturated rings. The minimum atomic E-state index is 0.479. The summed E-state index contributed by atoms with van der Waals surface area (Å²) >= 11 is 3.68. The molecule has 3 nitrogen and oxygen atoms in total. The lowest BCUT2D eigenvalue weighted by molar-refractivity contribution is 0.928. The monoisotopic (exact) mass is 311 g/mol. The molecule has 0 saturated carbocycles. The van der Waals surface area contributed by atoms with E-state index in [4.69, 9.17) is 0 Å². The minimum absolute atomic E-state index is 0.479. The maximum absolute atomic E-state index is 9.47. The lowest BCUT2D eigenvalue weighted by Gasteiger charge is -2.08. The smallest absolute Gasteiger partial charge is 0.145 e. The first-order valence-electron chi connectivity index (χ1n) is 6.81. The van der Waals surface area contributed by atoms with Gasteiger partial charge in [-0.2, -0.15) is 5.26 Å². The number of hydrogen-bond acceptors (Lipinski definition) is 4. The van der Waals surface area contributed by atoms with E-state index in [1.54, 1.807) is 12.5 Å². The van der Waals surface area contributed by atoms with Crippen molar-refractivity contribution in [3.63, 3.8) is 0 Å². The van der Waals surface area contributed by atoms with Crippen LogP contribution in [-0.2, 0) is 6.42 Å². The molecule has 2 aliphatic rings. The summed E-state index contributed by atoms with van der Waals surface area (Å²) in [5.41, 5.74) is 4.95. The zero-order valence-corrected chi connectivity index (χ0v) is 13.1. The standard InChI is InChI=1S/C16H13N3S2/c1-10-2-3-12-11(6-10)7-14-15(12)21-16(20-14)13(8-17)19-5-4-18-9-19/h2-6,9,14-15H,7H2,1H3/b16-13+. The van der Waals surface area contributed by atoms with Crippen molar-refractivity contribution in [2.75, 3.05) is 0 Å². The average Bonchev–Trinajstić information content (AvgIpc) is 3.15. The van der Waals surface area contributed by atoms with Crippen LogP contribution in [0, 0.1) is 18.3 Å².